The van der Waals surface area contributed by atoms with Crippen LogP contribution in [0.15, 0.2) is 18.2 Å². The van der Waals surface area contributed by atoms with E-state index in [0.29, 0.717) is 0 Å². The van der Waals surface area contributed by atoms with Crippen LogP contribution in [0.5, 0.6) is 11.5 Å². The van der Waals surface area contributed by atoms with Crippen LogP contribution >= 0.6 is 0 Å². The molecule has 1 fully saturated rings. The second-order valence-corrected chi connectivity index (χ2v) is 6.48. The van der Waals surface area contributed by atoms with Gasteiger partial charge in [0.25, 0.3) is 0 Å². The lowest BCUT2D eigenvalue weighted by molar-refractivity contribution is 0.0303. The minimum absolute atomic E-state index is 0.114. The van der Waals surface area contributed by atoms with Gasteiger partial charge >= 0.3 is 0 Å². The average molecular weight is 308 g/mol. The van der Waals surface area contributed by atoms with E-state index in [2.05, 4.69) is 24.1 Å². The lowest BCUT2D eigenvalue weighted by atomic mass is 9.79. The van der Waals surface area contributed by atoms with Crippen LogP contribution in [0.25, 0.3) is 0 Å². The molecular formula is C17H28N2O3. The number of aliphatic hydroxyl groups excluding tert-OH is 1. The Bertz CT molecular complexity index is 463. The fourth-order valence-corrected chi connectivity index (χ4v) is 3.17. The van der Waals surface area contributed by atoms with Crippen molar-refractivity contribution in [2.45, 2.75) is 19.9 Å². The number of hydrogen-bond acceptors (Lipinski definition) is 5. The molecule has 0 bridgehead atoms. The highest BCUT2D eigenvalue weighted by atomic mass is 16.5. The Labute approximate surface area is 133 Å². The number of nitrogens with zero attached hydrogens (tertiary/aromatic N) is 1. The summed E-state index contributed by atoms with van der Waals surface area (Å²) < 4.78 is 10.8. The summed E-state index contributed by atoms with van der Waals surface area (Å²) in [5.41, 5.74) is 0.867. The van der Waals surface area contributed by atoms with Crippen LogP contribution in [0.2, 0.25) is 0 Å². The van der Waals surface area contributed by atoms with Gasteiger partial charge in [-0.15, -0.1) is 0 Å². The molecule has 0 saturated carbocycles. The number of hydrogen-bond donors (Lipinski definition) is 2. The number of aliphatic hydroxyl groups is 1. The van der Waals surface area contributed by atoms with E-state index in [4.69, 9.17) is 9.47 Å². The number of rotatable bonds is 6. The largest absolute Gasteiger partial charge is 0.497 e. The number of piperazine rings is 1. The standard InChI is InChI=1S/C17H28N2O3/c1-17(2,12-20)16(19-7-5-18-6-8-19)13-9-14(21-3)11-15(10-13)22-4/h9-11,16,18,20H,5-8,12H2,1-4H3/t16-/m0/s1. The normalized spacial score (nSPS) is 18.0. The number of nitrogens with one attached hydrogen (secondary N) is 1. The molecular weight excluding hydrogens is 280 g/mol. The third-order valence-corrected chi connectivity index (χ3v) is 4.35. The van der Waals surface area contributed by atoms with Crippen LogP contribution in [-0.2, 0) is 0 Å². The highest BCUT2D eigenvalue weighted by Crippen LogP contribution is 2.40. The monoisotopic (exact) mass is 308 g/mol. The van der Waals surface area contributed by atoms with Crippen LogP contribution in [0, 0.1) is 5.41 Å². The van der Waals surface area contributed by atoms with Gasteiger partial charge in [0.1, 0.15) is 11.5 Å². The van der Waals surface area contributed by atoms with E-state index in [-0.39, 0.29) is 18.1 Å². The minimum atomic E-state index is -0.255. The summed E-state index contributed by atoms with van der Waals surface area (Å²) in [7, 11) is 3.32. The summed E-state index contributed by atoms with van der Waals surface area (Å²) in [6.07, 6.45) is 0. The first-order valence-electron chi connectivity index (χ1n) is 7.80. The smallest absolute Gasteiger partial charge is 0.122 e. The van der Waals surface area contributed by atoms with Crippen molar-refractivity contribution in [2.75, 3.05) is 47.0 Å². The highest BCUT2D eigenvalue weighted by molar-refractivity contribution is 5.40. The zero-order chi connectivity index (χ0) is 16.2. The molecule has 5 heteroatoms. The van der Waals surface area contributed by atoms with Crippen molar-refractivity contribution in [3.63, 3.8) is 0 Å². The fraction of sp³-hybridized carbons (Fsp3) is 0.647. The summed E-state index contributed by atoms with van der Waals surface area (Å²) >= 11 is 0. The molecule has 0 radical (unpaired) electrons. The van der Waals surface area contributed by atoms with Crippen molar-refractivity contribution < 1.29 is 14.6 Å². The van der Waals surface area contributed by atoms with Gasteiger partial charge in [-0.3, -0.25) is 4.90 Å². The highest BCUT2D eigenvalue weighted by Gasteiger charge is 2.36. The maximum absolute atomic E-state index is 9.90. The Morgan fingerprint density at radius 3 is 2.14 bits per heavy atom. The summed E-state index contributed by atoms with van der Waals surface area (Å²) in [6.45, 7) is 8.21. The SMILES string of the molecule is COc1cc(OC)cc([C@H](N2CCNCC2)C(C)(C)CO)c1. The summed E-state index contributed by atoms with van der Waals surface area (Å²) in [6, 6.07) is 6.09. The summed E-state index contributed by atoms with van der Waals surface area (Å²) in [5, 5.41) is 13.3. The van der Waals surface area contributed by atoms with Crippen molar-refractivity contribution in [1.82, 2.24) is 10.2 Å². The van der Waals surface area contributed by atoms with Crippen molar-refractivity contribution in [2.24, 2.45) is 5.41 Å². The molecule has 22 heavy (non-hydrogen) atoms. The molecule has 1 aromatic rings. The van der Waals surface area contributed by atoms with Gasteiger partial charge in [0.2, 0.25) is 0 Å². The Morgan fingerprint density at radius 2 is 1.68 bits per heavy atom. The quantitative estimate of drug-likeness (QED) is 0.837. The second-order valence-electron chi connectivity index (χ2n) is 6.48. The molecule has 0 unspecified atom stereocenters. The first kappa shape index (κ1) is 17.1. The molecule has 1 atom stereocenters. The van der Waals surface area contributed by atoms with Crippen molar-refractivity contribution in [3.05, 3.63) is 23.8 Å². The van der Waals surface area contributed by atoms with Crippen LogP contribution in [-0.4, -0.2) is 57.0 Å². The van der Waals surface area contributed by atoms with Crippen LogP contribution in [0.4, 0.5) is 0 Å². The van der Waals surface area contributed by atoms with Gasteiger partial charge in [-0.25, -0.2) is 0 Å². The predicted octanol–water partition coefficient (Wildman–Crippen LogP) is 1.67. The van der Waals surface area contributed by atoms with E-state index in [1.54, 1.807) is 14.2 Å². The maximum Gasteiger partial charge on any atom is 0.122 e. The van der Waals surface area contributed by atoms with Gasteiger partial charge < -0.3 is 19.9 Å². The molecule has 1 heterocycles. The van der Waals surface area contributed by atoms with E-state index in [0.717, 1.165) is 43.2 Å². The zero-order valence-electron chi connectivity index (χ0n) is 14.1. The first-order chi connectivity index (χ1) is 10.5. The number of ether oxygens (including phenoxy) is 2. The molecule has 124 valence electrons. The molecule has 2 N–H and O–H groups in total. The molecule has 0 amide bonds. The van der Waals surface area contributed by atoms with Crippen LogP contribution < -0.4 is 14.8 Å². The first-order valence-corrected chi connectivity index (χ1v) is 7.80. The van der Waals surface area contributed by atoms with Crippen molar-refractivity contribution >= 4 is 0 Å². The molecule has 0 aromatic heterocycles. The molecule has 1 aliphatic heterocycles. The Balaban J connectivity index is 2.43. The third-order valence-electron chi connectivity index (χ3n) is 4.35. The zero-order valence-corrected chi connectivity index (χ0v) is 14.1. The molecule has 1 saturated heterocycles. The molecule has 5 nitrogen and oxygen atoms in total. The number of benzene rings is 1. The van der Waals surface area contributed by atoms with Crippen molar-refractivity contribution in [3.8, 4) is 11.5 Å². The van der Waals surface area contributed by atoms with Gasteiger partial charge in [0.15, 0.2) is 0 Å². The lowest BCUT2D eigenvalue weighted by Gasteiger charge is -2.43. The van der Waals surface area contributed by atoms with Gasteiger partial charge in [0.05, 0.1) is 14.2 Å². The summed E-state index contributed by atoms with van der Waals surface area (Å²) in [4.78, 5) is 2.43. The Kier molecular flexibility index (Phi) is 5.67. The molecule has 0 spiro atoms. The van der Waals surface area contributed by atoms with E-state index in [1.165, 1.54) is 0 Å². The fourth-order valence-electron chi connectivity index (χ4n) is 3.17. The Hall–Kier alpha value is -1.30. The topological polar surface area (TPSA) is 54.0 Å². The molecule has 2 rings (SSSR count). The minimum Gasteiger partial charge on any atom is -0.497 e. The van der Waals surface area contributed by atoms with Crippen LogP contribution in [0.1, 0.15) is 25.5 Å². The maximum atomic E-state index is 9.90. The summed E-state index contributed by atoms with van der Waals surface area (Å²) in [5.74, 6) is 1.56. The predicted molar refractivity (Wildman–Crippen MR) is 87.6 cm³/mol. The Morgan fingerprint density at radius 1 is 1.14 bits per heavy atom. The van der Waals surface area contributed by atoms with E-state index in [9.17, 15) is 5.11 Å². The van der Waals surface area contributed by atoms with E-state index < -0.39 is 0 Å². The van der Waals surface area contributed by atoms with Crippen molar-refractivity contribution in [1.29, 1.82) is 0 Å². The van der Waals surface area contributed by atoms with Gasteiger partial charge in [-0.05, 0) is 17.7 Å². The lowest BCUT2D eigenvalue weighted by Crippen LogP contribution is -2.49. The second kappa shape index (κ2) is 7.31. The van der Waals surface area contributed by atoms with E-state index >= 15 is 0 Å². The van der Waals surface area contributed by atoms with Crippen LogP contribution in [0.3, 0.4) is 0 Å². The van der Waals surface area contributed by atoms with Gasteiger partial charge in [-0.2, -0.15) is 0 Å². The van der Waals surface area contributed by atoms with Gasteiger partial charge in [-0.1, -0.05) is 13.8 Å². The number of methoxy groups -OCH3 is 2. The van der Waals surface area contributed by atoms with E-state index in [1.807, 2.05) is 18.2 Å². The molecule has 0 aliphatic carbocycles. The molecule has 1 aliphatic rings. The third kappa shape index (κ3) is 3.72. The average Bonchev–Trinajstić information content (AvgIpc) is 2.55. The molecule has 1 aromatic carbocycles. The van der Waals surface area contributed by atoms with Gasteiger partial charge in [0, 0.05) is 50.3 Å².